The number of benzene rings is 2. The van der Waals surface area contributed by atoms with Crippen molar-refractivity contribution in [2.45, 2.75) is 205 Å². The van der Waals surface area contributed by atoms with Crippen LogP contribution in [0.3, 0.4) is 0 Å². The first-order valence-corrected chi connectivity index (χ1v) is 32.1. The molecule has 0 unspecified atom stereocenters. The van der Waals surface area contributed by atoms with Crippen molar-refractivity contribution in [3.63, 3.8) is 0 Å². The van der Waals surface area contributed by atoms with Crippen LogP contribution in [-0.2, 0) is 31.9 Å². The SMILES string of the molecule is C[C@H]1CC[C@@H](O)[C@]23[C@@H]([C@H]4C[C@](C)(C#CC[C@]5(C[C@@H](Cc6ccccc6)C[C@@]6(CCC7(CCCC7)C6)[C@H]5CSSC[C@H](Cc5ccccc5)C1)C(=O)O4)[C@]2(O)CCC1=CC(=O)OC1)[C@](C)(C1CCCCC1)CC[C@@H]3O. The first kappa shape index (κ1) is 53.3. The second-order valence-corrected chi connectivity index (χ2v) is 29.6. The van der Waals surface area contributed by atoms with E-state index in [2.05, 4.69) is 93.3 Å². The quantitative estimate of drug-likeness (QED) is 0.135. The molecule has 6 aliphatic carbocycles. The summed E-state index contributed by atoms with van der Waals surface area (Å²) in [7, 11) is 4.03. The lowest BCUT2D eigenvalue weighted by Crippen LogP contribution is -2.79. The molecular formula is C65H88O7S2. The number of carbonyl (C=O) groups is 2. The van der Waals surface area contributed by atoms with E-state index in [9.17, 15) is 20.1 Å². The van der Waals surface area contributed by atoms with E-state index in [1.54, 1.807) is 6.08 Å². The van der Waals surface area contributed by atoms with E-state index < -0.39 is 51.5 Å². The highest BCUT2D eigenvalue weighted by Crippen LogP contribution is 2.74. The van der Waals surface area contributed by atoms with E-state index in [0.29, 0.717) is 49.9 Å². The Morgan fingerprint density at radius 2 is 1.43 bits per heavy atom. The summed E-state index contributed by atoms with van der Waals surface area (Å²) in [5, 5.41) is 42.0. The van der Waals surface area contributed by atoms with E-state index in [-0.39, 0.29) is 54.1 Å². The zero-order valence-electron chi connectivity index (χ0n) is 45.1. The summed E-state index contributed by atoms with van der Waals surface area (Å²) >= 11 is 0. The van der Waals surface area contributed by atoms with Crippen molar-refractivity contribution in [1.82, 2.24) is 0 Å². The van der Waals surface area contributed by atoms with Gasteiger partial charge in [0.05, 0.1) is 34.1 Å². The third-order valence-corrected chi connectivity index (χ3v) is 25.3. The molecule has 7 nitrogen and oxygen atoms in total. The van der Waals surface area contributed by atoms with Crippen LogP contribution in [0.25, 0.3) is 0 Å². The summed E-state index contributed by atoms with van der Waals surface area (Å²) in [4.78, 5) is 29.5. The van der Waals surface area contributed by atoms with Gasteiger partial charge in [0, 0.05) is 36.3 Å². The number of fused-ring (bicyclic) bond motifs is 3. The van der Waals surface area contributed by atoms with Gasteiger partial charge in [-0.2, -0.15) is 0 Å². The first-order valence-electron chi connectivity index (χ1n) is 29.6. The predicted molar refractivity (Wildman–Crippen MR) is 298 cm³/mol. The molecule has 74 heavy (non-hydrogen) atoms. The number of cyclic esters (lactones) is 1. The van der Waals surface area contributed by atoms with E-state index in [1.165, 1.54) is 56.1 Å². The minimum Gasteiger partial charge on any atom is -0.462 e. The summed E-state index contributed by atoms with van der Waals surface area (Å²) in [6, 6.07) is 21.9. The lowest BCUT2D eigenvalue weighted by molar-refractivity contribution is -0.339. The maximum atomic E-state index is 16.8. The fourth-order valence-corrected chi connectivity index (χ4v) is 22.5. The van der Waals surface area contributed by atoms with Crippen LogP contribution < -0.4 is 0 Å². The second-order valence-electron chi connectivity index (χ2n) is 27.0. The zero-order valence-corrected chi connectivity index (χ0v) is 46.8. The number of aliphatic hydroxyl groups excluding tert-OH is 2. The first-order chi connectivity index (χ1) is 35.6. The molecule has 0 aromatic heterocycles. The Balaban J connectivity index is 1.11. The van der Waals surface area contributed by atoms with Gasteiger partial charge in [-0.25, -0.2) is 4.79 Å². The second kappa shape index (κ2) is 21.1. The fraction of sp³-hybridized carbons (Fsp3) is 0.723. The van der Waals surface area contributed by atoms with Crippen molar-refractivity contribution in [2.24, 2.45) is 68.0 Å². The third kappa shape index (κ3) is 9.40. The number of esters is 2. The molecule has 9 heteroatoms. The summed E-state index contributed by atoms with van der Waals surface area (Å²) in [5.41, 5.74) is -1.95. The Kier molecular flexibility index (Phi) is 15.2. The van der Waals surface area contributed by atoms with Gasteiger partial charge in [-0.05, 0) is 185 Å². The highest BCUT2D eigenvalue weighted by molar-refractivity contribution is 8.76. The van der Waals surface area contributed by atoms with Gasteiger partial charge in [0.1, 0.15) is 12.7 Å². The van der Waals surface area contributed by atoms with Gasteiger partial charge in [0.15, 0.2) is 0 Å². The number of hydrogen-bond donors (Lipinski definition) is 3. The molecule has 402 valence electrons. The van der Waals surface area contributed by atoms with E-state index in [4.69, 9.17) is 9.47 Å². The van der Waals surface area contributed by atoms with E-state index >= 15 is 4.79 Å². The van der Waals surface area contributed by atoms with Crippen molar-refractivity contribution < 1.29 is 34.4 Å². The molecule has 1 saturated heterocycles. The molecule has 3 aliphatic heterocycles. The molecular weight excluding hydrogens is 957 g/mol. The Morgan fingerprint density at radius 3 is 2.14 bits per heavy atom. The molecule has 3 spiro atoms. The maximum Gasteiger partial charge on any atom is 0.331 e. The molecule has 4 bridgehead atoms. The van der Waals surface area contributed by atoms with Crippen LogP contribution in [0.5, 0.6) is 0 Å². The van der Waals surface area contributed by atoms with Crippen molar-refractivity contribution in [3.8, 4) is 11.8 Å². The highest BCUT2D eigenvalue weighted by atomic mass is 33.1. The average Bonchev–Trinajstić information content (AvgIpc) is 4.14. The molecule has 3 N–H and O–H groups in total. The van der Waals surface area contributed by atoms with Gasteiger partial charge in [-0.3, -0.25) is 4.79 Å². The van der Waals surface area contributed by atoms with Crippen molar-refractivity contribution >= 4 is 33.5 Å². The van der Waals surface area contributed by atoms with E-state index in [0.717, 1.165) is 87.7 Å². The average molecular weight is 1050 g/mol. The molecule has 14 atom stereocenters. The van der Waals surface area contributed by atoms with Crippen molar-refractivity contribution in [2.75, 3.05) is 18.1 Å². The summed E-state index contributed by atoms with van der Waals surface area (Å²) in [6.07, 6.45) is 21.3. The van der Waals surface area contributed by atoms with E-state index in [1.807, 2.05) is 21.6 Å². The van der Waals surface area contributed by atoms with Gasteiger partial charge >= 0.3 is 11.9 Å². The summed E-state index contributed by atoms with van der Waals surface area (Å²) in [6.45, 7) is 7.00. The van der Waals surface area contributed by atoms with Crippen molar-refractivity contribution in [3.05, 3.63) is 83.4 Å². The van der Waals surface area contributed by atoms with Gasteiger partial charge in [-0.15, -0.1) is 5.92 Å². The largest absolute Gasteiger partial charge is 0.462 e. The molecule has 2 aromatic carbocycles. The van der Waals surface area contributed by atoms with Crippen LogP contribution in [0, 0.1) is 79.8 Å². The van der Waals surface area contributed by atoms with Crippen LogP contribution >= 0.6 is 21.6 Å². The number of aliphatic hydroxyl groups is 3. The lowest BCUT2D eigenvalue weighted by atomic mass is 9.35. The number of rotatable bonds is 8. The molecule has 0 radical (unpaired) electrons. The van der Waals surface area contributed by atoms with Crippen LogP contribution in [0.4, 0.5) is 0 Å². The Labute approximate surface area is 452 Å². The smallest absolute Gasteiger partial charge is 0.331 e. The number of ether oxygens (including phenoxy) is 2. The molecule has 6 saturated carbocycles. The van der Waals surface area contributed by atoms with Crippen molar-refractivity contribution in [1.29, 1.82) is 0 Å². The van der Waals surface area contributed by atoms with Gasteiger partial charge < -0.3 is 24.8 Å². The molecule has 3 heterocycles. The molecule has 2 aromatic rings. The van der Waals surface area contributed by atoms with Crippen LogP contribution in [-0.4, -0.2) is 69.3 Å². The normalized spacial score (nSPS) is 42.5. The van der Waals surface area contributed by atoms with Crippen LogP contribution in [0.1, 0.15) is 180 Å². The standard InChI is InChI=1S/C65H88O7S2/c1-45-22-23-54(66)65-55(67)25-30-60(3,51-20-11-6-12-21-51)57(65)52-40-59(2,64(65,70)31-24-48-37-56(68)71-41-48)26-15-29-63(58(69)72-52)39-50(36-47-18-9-5-10-19-47)38-62(33-32-61(44-62)27-13-14-28-61)53(63)43-74-73-42-49(34-45)35-46-16-7-4-8-17-46/h4-5,7-10,16-19,37,45,49-55,57,66-67,70H,6,11-14,20-25,27-36,38-44H2,1-3H3/t45-,49-,50-,52+,53+,54+,55-,57-,59-,60-,62+,63+,64+,65-/m0/s1. The lowest BCUT2D eigenvalue weighted by Gasteiger charge is -2.72. The predicted octanol–water partition coefficient (Wildman–Crippen LogP) is 13.5. The third-order valence-electron chi connectivity index (χ3n) is 22.7. The Hall–Kier alpha value is -2.74. The minimum absolute atomic E-state index is 0.0446. The maximum absolute atomic E-state index is 16.8. The van der Waals surface area contributed by atoms with Crippen LogP contribution in [0.2, 0.25) is 0 Å². The van der Waals surface area contributed by atoms with Gasteiger partial charge in [0.25, 0.3) is 0 Å². The minimum atomic E-state index is -1.72. The molecule has 0 amide bonds. The summed E-state index contributed by atoms with van der Waals surface area (Å²) in [5.74, 6) is 9.87. The monoisotopic (exact) mass is 1040 g/mol. The fourth-order valence-electron chi connectivity index (χ4n) is 19.5. The number of carbonyl (C=O) groups excluding carboxylic acids is 2. The Morgan fingerprint density at radius 1 is 0.743 bits per heavy atom. The topological polar surface area (TPSA) is 113 Å². The summed E-state index contributed by atoms with van der Waals surface area (Å²) < 4.78 is 13.2. The van der Waals surface area contributed by atoms with Crippen LogP contribution in [0.15, 0.2) is 72.3 Å². The zero-order chi connectivity index (χ0) is 51.4. The number of hydrogen-bond acceptors (Lipinski definition) is 9. The molecule has 7 fully saturated rings. The van der Waals surface area contributed by atoms with Gasteiger partial charge in [0.2, 0.25) is 0 Å². The Bertz CT molecular complexity index is 2420. The molecule has 11 rings (SSSR count). The van der Waals surface area contributed by atoms with Gasteiger partial charge in [-0.1, -0.05) is 134 Å². The highest BCUT2D eigenvalue weighted by Gasteiger charge is 2.78. The molecule has 9 aliphatic rings.